The van der Waals surface area contributed by atoms with Gasteiger partial charge in [0, 0.05) is 6.20 Å². The van der Waals surface area contributed by atoms with E-state index in [0.29, 0.717) is 5.92 Å². The zero-order valence-electron chi connectivity index (χ0n) is 13.0. The van der Waals surface area contributed by atoms with Crippen LogP contribution in [0.5, 0.6) is 0 Å². The van der Waals surface area contributed by atoms with Crippen molar-refractivity contribution in [3.63, 3.8) is 0 Å². The molecule has 2 fully saturated rings. The van der Waals surface area contributed by atoms with Crippen molar-refractivity contribution >= 4 is 11.8 Å². The van der Waals surface area contributed by atoms with Gasteiger partial charge >= 0.3 is 0 Å². The highest BCUT2D eigenvalue weighted by atomic mass is 16.2. The molecule has 2 saturated carbocycles. The first-order chi connectivity index (χ1) is 10.4. The summed E-state index contributed by atoms with van der Waals surface area (Å²) in [5, 5.41) is 0. The number of carbonyl (C=O) groups is 2. The molecular formula is C17H21N3O2. The van der Waals surface area contributed by atoms with Crippen LogP contribution in [-0.2, 0) is 4.79 Å². The van der Waals surface area contributed by atoms with Crippen LogP contribution in [0.15, 0.2) is 36.5 Å². The molecule has 0 radical (unpaired) electrons. The molecule has 2 atom stereocenters. The van der Waals surface area contributed by atoms with E-state index >= 15 is 0 Å². The first-order valence-electron chi connectivity index (χ1n) is 7.59. The van der Waals surface area contributed by atoms with Crippen molar-refractivity contribution < 1.29 is 9.59 Å². The molecule has 5 nitrogen and oxygen atoms in total. The van der Waals surface area contributed by atoms with Crippen molar-refractivity contribution in [2.45, 2.75) is 33.1 Å². The summed E-state index contributed by atoms with van der Waals surface area (Å²) in [6.45, 7) is 8.49. The normalized spacial score (nSPS) is 28.5. The Morgan fingerprint density at radius 3 is 2.68 bits per heavy atom. The van der Waals surface area contributed by atoms with Crippen molar-refractivity contribution in [3.8, 4) is 0 Å². The van der Waals surface area contributed by atoms with Gasteiger partial charge in [-0.3, -0.25) is 25.4 Å². The molecule has 2 unspecified atom stereocenters. The van der Waals surface area contributed by atoms with E-state index in [2.05, 4.69) is 36.3 Å². The standard InChI is InChI=1S/C17H21N3O2/c1-11-16(2,3)12-7-8-17(11,10-12)15(22)20-19-14(21)13-6-4-5-9-18-13/h4-6,9,12H,1,7-8,10H2,2-3H3,(H,19,21)(H,20,22). The molecule has 2 amide bonds. The minimum absolute atomic E-state index is 0.0133. The number of aromatic nitrogens is 1. The maximum absolute atomic E-state index is 12.7. The molecule has 1 aromatic rings. The Morgan fingerprint density at radius 2 is 2.09 bits per heavy atom. The number of nitrogens with zero attached hydrogens (tertiary/aromatic N) is 1. The van der Waals surface area contributed by atoms with Crippen LogP contribution in [0.2, 0.25) is 0 Å². The van der Waals surface area contributed by atoms with E-state index in [0.717, 1.165) is 24.8 Å². The molecule has 0 aliphatic heterocycles. The second-order valence-electron chi connectivity index (χ2n) is 6.85. The van der Waals surface area contributed by atoms with Crippen LogP contribution in [0.1, 0.15) is 43.6 Å². The van der Waals surface area contributed by atoms with Crippen LogP contribution in [0, 0.1) is 16.7 Å². The Kier molecular flexibility index (Phi) is 3.31. The number of amides is 2. The van der Waals surface area contributed by atoms with Gasteiger partial charge in [-0.15, -0.1) is 0 Å². The molecule has 0 spiro atoms. The highest BCUT2D eigenvalue weighted by Gasteiger charge is 2.60. The second-order valence-corrected chi connectivity index (χ2v) is 6.85. The summed E-state index contributed by atoms with van der Waals surface area (Å²) in [6.07, 6.45) is 4.21. The smallest absolute Gasteiger partial charge is 0.272 e. The molecule has 5 heteroatoms. The SMILES string of the molecule is C=C1C2(C(=O)NNC(=O)c3ccccn3)CCC(C2)C1(C)C. The molecule has 116 valence electrons. The lowest BCUT2D eigenvalue weighted by Crippen LogP contribution is -2.49. The molecule has 2 aliphatic carbocycles. The average Bonchev–Trinajstić information content (AvgIpc) is 3.05. The lowest BCUT2D eigenvalue weighted by Gasteiger charge is -2.37. The molecule has 2 N–H and O–H groups in total. The van der Waals surface area contributed by atoms with Gasteiger partial charge in [-0.25, -0.2) is 0 Å². The Bertz CT molecular complexity index is 639. The highest BCUT2D eigenvalue weighted by Crippen LogP contribution is 2.65. The van der Waals surface area contributed by atoms with Gasteiger partial charge in [0.15, 0.2) is 0 Å². The minimum Gasteiger partial charge on any atom is -0.272 e. The zero-order valence-corrected chi connectivity index (χ0v) is 13.0. The topological polar surface area (TPSA) is 71.1 Å². The van der Waals surface area contributed by atoms with Crippen molar-refractivity contribution in [1.82, 2.24) is 15.8 Å². The quantitative estimate of drug-likeness (QED) is 0.650. The Morgan fingerprint density at radius 1 is 1.32 bits per heavy atom. The van der Waals surface area contributed by atoms with Gasteiger partial charge < -0.3 is 0 Å². The lowest BCUT2D eigenvalue weighted by molar-refractivity contribution is -0.129. The molecule has 2 aliphatic rings. The van der Waals surface area contributed by atoms with E-state index in [1.807, 2.05) is 0 Å². The van der Waals surface area contributed by atoms with Crippen molar-refractivity contribution in [1.29, 1.82) is 0 Å². The van der Waals surface area contributed by atoms with Crippen molar-refractivity contribution in [3.05, 3.63) is 42.2 Å². The summed E-state index contributed by atoms with van der Waals surface area (Å²) in [6, 6.07) is 5.06. The maximum atomic E-state index is 12.7. The number of hydrogen-bond donors (Lipinski definition) is 2. The van der Waals surface area contributed by atoms with Crippen LogP contribution in [0.4, 0.5) is 0 Å². The summed E-state index contributed by atoms with van der Waals surface area (Å²) < 4.78 is 0. The van der Waals surface area contributed by atoms with E-state index in [1.165, 1.54) is 0 Å². The fourth-order valence-electron chi connectivity index (χ4n) is 3.94. The van der Waals surface area contributed by atoms with E-state index in [4.69, 9.17) is 0 Å². The third-order valence-electron chi connectivity index (χ3n) is 5.51. The first-order valence-corrected chi connectivity index (χ1v) is 7.59. The van der Waals surface area contributed by atoms with Crippen molar-refractivity contribution in [2.24, 2.45) is 16.7 Å². The maximum Gasteiger partial charge on any atom is 0.288 e. The van der Waals surface area contributed by atoms with E-state index < -0.39 is 11.3 Å². The lowest BCUT2D eigenvalue weighted by atomic mass is 9.68. The molecule has 22 heavy (non-hydrogen) atoms. The van der Waals surface area contributed by atoms with E-state index in [9.17, 15) is 9.59 Å². The van der Waals surface area contributed by atoms with Crippen LogP contribution in [-0.4, -0.2) is 16.8 Å². The van der Waals surface area contributed by atoms with Gasteiger partial charge in [0.05, 0.1) is 5.41 Å². The monoisotopic (exact) mass is 299 g/mol. The Hall–Kier alpha value is -2.17. The van der Waals surface area contributed by atoms with Gasteiger partial charge in [0.2, 0.25) is 5.91 Å². The fraction of sp³-hybridized carbons (Fsp3) is 0.471. The number of fused-ring (bicyclic) bond motifs is 2. The van der Waals surface area contributed by atoms with Gasteiger partial charge in [-0.2, -0.15) is 0 Å². The van der Waals surface area contributed by atoms with Gasteiger partial charge in [-0.05, 0) is 42.7 Å². The third kappa shape index (κ3) is 2.03. The van der Waals surface area contributed by atoms with Crippen LogP contribution in [0.3, 0.4) is 0 Å². The zero-order chi connectivity index (χ0) is 16.0. The molecule has 0 saturated heterocycles. The largest absolute Gasteiger partial charge is 0.288 e. The van der Waals surface area contributed by atoms with Crippen LogP contribution < -0.4 is 10.9 Å². The molecule has 1 heterocycles. The molecule has 3 rings (SSSR count). The third-order valence-corrected chi connectivity index (χ3v) is 5.51. The molecule has 0 aromatic carbocycles. The van der Waals surface area contributed by atoms with Crippen LogP contribution in [0.25, 0.3) is 0 Å². The van der Waals surface area contributed by atoms with Gasteiger partial charge in [0.1, 0.15) is 5.69 Å². The second kappa shape index (κ2) is 4.93. The minimum atomic E-state index is -0.536. The summed E-state index contributed by atoms with van der Waals surface area (Å²) >= 11 is 0. The average molecular weight is 299 g/mol. The number of hydrogen-bond acceptors (Lipinski definition) is 3. The predicted octanol–water partition coefficient (Wildman–Crippen LogP) is 2.23. The Labute approximate surface area is 130 Å². The highest BCUT2D eigenvalue weighted by molar-refractivity contribution is 5.95. The number of carbonyl (C=O) groups excluding carboxylic acids is 2. The number of hydrazine groups is 1. The Balaban J connectivity index is 1.68. The van der Waals surface area contributed by atoms with E-state index in [1.54, 1.807) is 24.4 Å². The van der Waals surface area contributed by atoms with E-state index in [-0.39, 0.29) is 17.0 Å². The molecule has 2 bridgehead atoms. The van der Waals surface area contributed by atoms with Crippen LogP contribution >= 0.6 is 0 Å². The van der Waals surface area contributed by atoms with Gasteiger partial charge in [-0.1, -0.05) is 32.1 Å². The summed E-state index contributed by atoms with van der Waals surface area (Å²) in [5.41, 5.74) is 5.74. The summed E-state index contributed by atoms with van der Waals surface area (Å²) in [7, 11) is 0. The van der Waals surface area contributed by atoms with Crippen molar-refractivity contribution in [2.75, 3.05) is 0 Å². The first kappa shape index (κ1) is 14.8. The number of rotatable bonds is 2. The number of pyridine rings is 1. The predicted molar refractivity (Wildman–Crippen MR) is 82.5 cm³/mol. The summed E-state index contributed by atoms with van der Waals surface area (Å²) in [4.78, 5) is 28.6. The fourth-order valence-corrected chi connectivity index (χ4v) is 3.94. The summed E-state index contributed by atoms with van der Waals surface area (Å²) in [5.74, 6) is -0.0742. The van der Waals surface area contributed by atoms with Gasteiger partial charge in [0.25, 0.3) is 5.91 Å². The number of nitrogens with one attached hydrogen (secondary N) is 2. The molecule has 1 aromatic heterocycles. The molecular weight excluding hydrogens is 278 g/mol.